The van der Waals surface area contributed by atoms with E-state index in [1.165, 1.54) is 12.1 Å². The van der Waals surface area contributed by atoms with Crippen LogP contribution in [0.1, 0.15) is 52.7 Å². The summed E-state index contributed by atoms with van der Waals surface area (Å²) in [5, 5.41) is 7.42. The minimum Gasteiger partial charge on any atom is -0.356 e. The van der Waals surface area contributed by atoms with Crippen molar-refractivity contribution < 1.29 is 13.7 Å². The maximum atomic E-state index is 13.2. The molecule has 2 unspecified atom stereocenters. The highest BCUT2D eigenvalue weighted by Crippen LogP contribution is 2.24. The van der Waals surface area contributed by atoms with E-state index in [0.717, 1.165) is 37.1 Å². The SMILES string of the molecule is CC(C)CCC1C(=O)NC(CC(C)C)CN1Cc1cc(-c2ccc(F)cc2)on1. The van der Waals surface area contributed by atoms with Gasteiger partial charge in [0, 0.05) is 30.8 Å². The molecule has 1 fully saturated rings. The molecule has 2 heterocycles. The van der Waals surface area contributed by atoms with Crippen LogP contribution in [0.15, 0.2) is 34.9 Å². The molecule has 0 aliphatic carbocycles. The summed E-state index contributed by atoms with van der Waals surface area (Å²) >= 11 is 0. The first-order valence-electron chi connectivity index (χ1n) is 10.6. The number of nitrogens with one attached hydrogen (secondary N) is 1. The molecule has 1 aromatic heterocycles. The van der Waals surface area contributed by atoms with Gasteiger partial charge in [0.05, 0.1) is 11.7 Å². The van der Waals surface area contributed by atoms with Crippen LogP contribution in [0.2, 0.25) is 0 Å². The third kappa shape index (κ3) is 5.89. The maximum absolute atomic E-state index is 13.2. The van der Waals surface area contributed by atoms with Crippen LogP contribution in [0.5, 0.6) is 0 Å². The highest BCUT2D eigenvalue weighted by molar-refractivity contribution is 5.82. The summed E-state index contributed by atoms with van der Waals surface area (Å²) in [5.74, 6) is 1.52. The number of aromatic nitrogens is 1. The van der Waals surface area contributed by atoms with Crippen molar-refractivity contribution in [1.29, 1.82) is 0 Å². The molecule has 1 aliphatic heterocycles. The number of amides is 1. The molecule has 2 aromatic rings. The van der Waals surface area contributed by atoms with E-state index >= 15 is 0 Å². The van der Waals surface area contributed by atoms with Gasteiger partial charge >= 0.3 is 0 Å². The second kappa shape index (κ2) is 9.53. The quantitative estimate of drug-likeness (QED) is 0.701. The first kappa shape index (κ1) is 21.5. The molecule has 0 radical (unpaired) electrons. The predicted molar refractivity (Wildman–Crippen MR) is 112 cm³/mol. The summed E-state index contributed by atoms with van der Waals surface area (Å²) in [6, 6.07) is 8.07. The second-order valence-corrected chi connectivity index (χ2v) is 8.94. The molecule has 158 valence electrons. The molecule has 1 saturated heterocycles. The van der Waals surface area contributed by atoms with Gasteiger partial charge in [-0.2, -0.15) is 0 Å². The number of carbonyl (C=O) groups excluding carboxylic acids is 1. The first-order chi connectivity index (χ1) is 13.8. The summed E-state index contributed by atoms with van der Waals surface area (Å²) in [6.07, 6.45) is 2.79. The molecule has 3 rings (SSSR count). The lowest BCUT2D eigenvalue weighted by Crippen LogP contribution is -2.59. The molecule has 1 amide bonds. The molecule has 5 nitrogen and oxygen atoms in total. The van der Waals surface area contributed by atoms with Crippen molar-refractivity contribution in [2.45, 2.75) is 65.6 Å². The second-order valence-electron chi connectivity index (χ2n) is 8.94. The van der Waals surface area contributed by atoms with Crippen LogP contribution in [-0.2, 0) is 11.3 Å². The summed E-state index contributed by atoms with van der Waals surface area (Å²) in [7, 11) is 0. The highest BCUT2D eigenvalue weighted by Gasteiger charge is 2.34. The standard InChI is InChI=1S/C23H32FN3O2/c1-15(2)5-10-21-23(28)25-19(11-16(3)4)13-27(21)14-20-12-22(29-26-20)17-6-8-18(24)9-7-17/h6-9,12,15-16,19,21H,5,10-11,13-14H2,1-4H3,(H,25,28). The zero-order chi connectivity index (χ0) is 21.0. The Labute approximate surface area is 172 Å². The molecule has 0 bridgehead atoms. The molecular formula is C23H32FN3O2. The topological polar surface area (TPSA) is 58.4 Å². The van der Waals surface area contributed by atoms with Gasteiger partial charge in [0.1, 0.15) is 5.82 Å². The van der Waals surface area contributed by atoms with Gasteiger partial charge in [-0.05, 0) is 55.4 Å². The van der Waals surface area contributed by atoms with Crippen molar-refractivity contribution in [1.82, 2.24) is 15.4 Å². The van der Waals surface area contributed by atoms with Gasteiger partial charge in [-0.3, -0.25) is 9.69 Å². The van der Waals surface area contributed by atoms with Gasteiger partial charge in [-0.25, -0.2) is 4.39 Å². The van der Waals surface area contributed by atoms with E-state index in [0.29, 0.717) is 24.1 Å². The highest BCUT2D eigenvalue weighted by atomic mass is 19.1. The van der Waals surface area contributed by atoms with Crippen molar-refractivity contribution >= 4 is 5.91 Å². The van der Waals surface area contributed by atoms with E-state index in [4.69, 9.17) is 4.52 Å². The van der Waals surface area contributed by atoms with Gasteiger partial charge < -0.3 is 9.84 Å². The number of piperazine rings is 1. The minimum atomic E-state index is -0.281. The van der Waals surface area contributed by atoms with E-state index in [1.807, 2.05) is 6.07 Å². The van der Waals surface area contributed by atoms with Gasteiger partial charge in [0.2, 0.25) is 5.91 Å². The van der Waals surface area contributed by atoms with Gasteiger partial charge in [-0.1, -0.05) is 32.9 Å². The summed E-state index contributed by atoms with van der Waals surface area (Å²) in [4.78, 5) is 15.1. The number of rotatable bonds is 8. The largest absolute Gasteiger partial charge is 0.356 e. The zero-order valence-electron chi connectivity index (χ0n) is 17.8. The number of nitrogens with zero attached hydrogens (tertiary/aromatic N) is 2. The fraction of sp³-hybridized carbons (Fsp3) is 0.565. The average Bonchev–Trinajstić information content (AvgIpc) is 3.09. The zero-order valence-corrected chi connectivity index (χ0v) is 17.8. The first-order valence-corrected chi connectivity index (χ1v) is 10.6. The Morgan fingerprint density at radius 3 is 2.59 bits per heavy atom. The lowest BCUT2D eigenvalue weighted by Gasteiger charge is -2.40. The minimum absolute atomic E-state index is 0.116. The normalized spacial score (nSPS) is 20.4. The number of benzene rings is 1. The van der Waals surface area contributed by atoms with Crippen LogP contribution in [0.4, 0.5) is 4.39 Å². The Morgan fingerprint density at radius 1 is 1.21 bits per heavy atom. The third-order valence-electron chi connectivity index (χ3n) is 5.37. The van der Waals surface area contributed by atoms with Crippen LogP contribution in [0.25, 0.3) is 11.3 Å². The van der Waals surface area contributed by atoms with E-state index in [9.17, 15) is 9.18 Å². The van der Waals surface area contributed by atoms with E-state index in [2.05, 4.69) is 43.1 Å². The number of hydrogen-bond donors (Lipinski definition) is 1. The molecule has 2 atom stereocenters. The van der Waals surface area contributed by atoms with Gasteiger partial charge in [-0.15, -0.1) is 0 Å². The monoisotopic (exact) mass is 401 g/mol. The smallest absolute Gasteiger partial charge is 0.237 e. The molecule has 0 spiro atoms. The van der Waals surface area contributed by atoms with E-state index < -0.39 is 0 Å². The van der Waals surface area contributed by atoms with Crippen LogP contribution in [0, 0.1) is 17.7 Å². The molecule has 1 aromatic carbocycles. The fourth-order valence-electron chi connectivity index (χ4n) is 3.95. The third-order valence-corrected chi connectivity index (χ3v) is 5.37. The molecule has 1 N–H and O–H groups in total. The van der Waals surface area contributed by atoms with E-state index in [1.54, 1.807) is 12.1 Å². The predicted octanol–water partition coefficient (Wildman–Crippen LogP) is 4.63. The Bertz CT molecular complexity index is 801. The van der Waals surface area contributed by atoms with Gasteiger partial charge in [0.15, 0.2) is 5.76 Å². The van der Waals surface area contributed by atoms with Crippen molar-refractivity contribution in [3.63, 3.8) is 0 Å². The summed E-state index contributed by atoms with van der Waals surface area (Å²) in [5.41, 5.74) is 1.58. The van der Waals surface area contributed by atoms with Crippen molar-refractivity contribution in [2.75, 3.05) is 6.54 Å². The molecule has 0 saturated carbocycles. The van der Waals surface area contributed by atoms with Crippen molar-refractivity contribution in [3.8, 4) is 11.3 Å². The Hall–Kier alpha value is -2.21. The molecule has 6 heteroatoms. The molecular weight excluding hydrogens is 369 g/mol. The van der Waals surface area contributed by atoms with Gasteiger partial charge in [0.25, 0.3) is 0 Å². The lowest BCUT2D eigenvalue weighted by atomic mass is 9.95. The van der Waals surface area contributed by atoms with Crippen LogP contribution >= 0.6 is 0 Å². The Kier molecular flexibility index (Phi) is 7.06. The number of carbonyl (C=O) groups is 1. The van der Waals surface area contributed by atoms with Crippen LogP contribution in [0.3, 0.4) is 0 Å². The van der Waals surface area contributed by atoms with Crippen LogP contribution in [-0.4, -0.2) is 34.6 Å². The summed E-state index contributed by atoms with van der Waals surface area (Å²) < 4.78 is 18.6. The molecule has 1 aliphatic rings. The number of halogens is 1. The van der Waals surface area contributed by atoms with Crippen LogP contribution < -0.4 is 5.32 Å². The molecule has 29 heavy (non-hydrogen) atoms. The fourth-order valence-corrected chi connectivity index (χ4v) is 3.95. The number of hydrogen-bond acceptors (Lipinski definition) is 4. The van der Waals surface area contributed by atoms with Crippen molar-refractivity contribution in [3.05, 3.63) is 41.8 Å². The summed E-state index contributed by atoms with van der Waals surface area (Å²) in [6.45, 7) is 10.1. The Morgan fingerprint density at radius 2 is 1.93 bits per heavy atom. The maximum Gasteiger partial charge on any atom is 0.237 e. The lowest BCUT2D eigenvalue weighted by molar-refractivity contribution is -0.131. The Balaban J connectivity index is 1.74. The van der Waals surface area contributed by atoms with E-state index in [-0.39, 0.29) is 23.8 Å². The van der Waals surface area contributed by atoms with Crippen molar-refractivity contribution in [2.24, 2.45) is 11.8 Å². The average molecular weight is 402 g/mol.